The van der Waals surface area contributed by atoms with Gasteiger partial charge in [-0.25, -0.2) is 9.13 Å². The minimum atomic E-state index is -5.38. The van der Waals surface area contributed by atoms with Gasteiger partial charge in [0.15, 0.2) is 6.10 Å². The second-order valence-corrected chi connectivity index (χ2v) is 19.8. The highest BCUT2D eigenvalue weighted by atomic mass is 31.2. The summed E-state index contributed by atoms with van der Waals surface area (Å²) in [7, 11) is -10.7. The van der Waals surface area contributed by atoms with E-state index < -0.39 is 83.5 Å². The minimum absolute atomic E-state index is 0.0176. The Balaban J connectivity index is 1.84. The van der Waals surface area contributed by atoms with Crippen molar-refractivity contribution in [1.29, 1.82) is 0 Å². The van der Waals surface area contributed by atoms with Gasteiger partial charge in [-0.2, -0.15) is 0 Å². The molecule has 0 aromatic rings. The summed E-state index contributed by atoms with van der Waals surface area (Å²) in [6.07, 6.45) is 30.2. The summed E-state index contributed by atoms with van der Waals surface area (Å²) in [5.41, 5.74) is 0. The number of aliphatic hydroxyl groups is 4. The molecule has 1 saturated heterocycles. The van der Waals surface area contributed by atoms with Gasteiger partial charge in [-0.05, 0) is 83.5 Å². The normalized spacial score (nSPS) is 24.8. The van der Waals surface area contributed by atoms with E-state index in [0.29, 0.717) is 25.7 Å². The van der Waals surface area contributed by atoms with Crippen molar-refractivity contribution < 1.29 is 81.6 Å². The van der Waals surface area contributed by atoms with E-state index in [1.165, 1.54) is 57.8 Å². The van der Waals surface area contributed by atoms with Crippen molar-refractivity contribution in [2.24, 2.45) is 0 Å². The Morgan fingerprint density at radius 2 is 1.03 bits per heavy atom. The molecular weight excluding hydrogens is 922 g/mol. The van der Waals surface area contributed by atoms with E-state index >= 15 is 0 Å². The van der Waals surface area contributed by atoms with Gasteiger partial charge < -0.3 is 49.3 Å². The second kappa shape index (κ2) is 36.3. The zero-order valence-electron chi connectivity index (χ0n) is 40.2. The molecule has 17 nitrogen and oxygen atoms in total. The topological polar surface area (TPSA) is 269 Å². The molecule has 68 heavy (non-hydrogen) atoms. The second-order valence-electron chi connectivity index (χ2n) is 17.2. The number of unbranched alkanes of at least 4 members (excludes halogenated alkanes) is 10. The summed E-state index contributed by atoms with van der Waals surface area (Å²) in [5, 5.41) is 41.3. The highest BCUT2D eigenvalue weighted by molar-refractivity contribution is 7.47. The SMILES string of the molecule is CCCCC/C=C\C/C=C\C/C=C\CC1OC1CCCC(=O)OC[C@H](COP(=O)(O)O[C@H]1C(O)C(O)C(O)[C@@H](OP(=O)(O)O)C1O)OC(=O)CCC/C=C\C/C=C\C/C=C\CCCCCCCC. The van der Waals surface area contributed by atoms with Crippen LogP contribution in [0.2, 0.25) is 0 Å². The number of carbonyl (C=O) groups excluding carboxylic acids is 2. The first-order valence-corrected chi connectivity index (χ1v) is 27.6. The Labute approximate surface area is 404 Å². The Morgan fingerprint density at radius 1 is 0.544 bits per heavy atom. The van der Waals surface area contributed by atoms with Crippen molar-refractivity contribution >= 4 is 27.6 Å². The molecule has 1 heterocycles. The molecule has 0 aromatic heterocycles. The molecule has 7 unspecified atom stereocenters. The quantitative estimate of drug-likeness (QED) is 0.00998. The minimum Gasteiger partial charge on any atom is -0.462 e. The molecule has 10 atom stereocenters. The number of hydrogen-bond acceptors (Lipinski definition) is 14. The van der Waals surface area contributed by atoms with Crippen LogP contribution in [0.25, 0.3) is 0 Å². The van der Waals surface area contributed by atoms with Gasteiger partial charge in [0.05, 0.1) is 18.8 Å². The van der Waals surface area contributed by atoms with E-state index in [4.69, 9.17) is 23.3 Å². The maximum absolute atomic E-state index is 13.0. The highest BCUT2D eigenvalue weighted by Gasteiger charge is 2.54. The number of hydrogen-bond donors (Lipinski definition) is 7. The predicted octanol–water partition coefficient (Wildman–Crippen LogP) is 8.61. The zero-order valence-corrected chi connectivity index (χ0v) is 42.0. The molecule has 0 spiro atoms. The maximum Gasteiger partial charge on any atom is 0.472 e. The van der Waals surface area contributed by atoms with Crippen molar-refractivity contribution in [2.45, 2.75) is 210 Å². The fourth-order valence-electron chi connectivity index (χ4n) is 7.25. The third-order valence-corrected chi connectivity index (χ3v) is 12.7. The molecule has 2 fully saturated rings. The van der Waals surface area contributed by atoms with E-state index in [9.17, 15) is 53.8 Å². The number of rotatable bonds is 39. The van der Waals surface area contributed by atoms with Gasteiger partial charge in [0.25, 0.3) is 0 Å². The largest absolute Gasteiger partial charge is 0.472 e. The molecule has 0 aromatic carbocycles. The van der Waals surface area contributed by atoms with Crippen molar-refractivity contribution in [3.8, 4) is 0 Å². The van der Waals surface area contributed by atoms with E-state index in [-0.39, 0.29) is 25.0 Å². The molecule has 2 aliphatic rings. The molecule has 19 heteroatoms. The summed E-state index contributed by atoms with van der Waals surface area (Å²) < 4.78 is 55.1. The van der Waals surface area contributed by atoms with Crippen molar-refractivity contribution in [2.75, 3.05) is 13.2 Å². The van der Waals surface area contributed by atoms with Gasteiger partial charge in [0, 0.05) is 12.8 Å². The number of phosphoric ester groups is 2. The number of esters is 2. The third-order valence-electron chi connectivity index (χ3n) is 11.2. The lowest BCUT2D eigenvalue weighted by atomic mass is 9.85. The van der Waals surface area contributed by atoms with Crippen LogP contribution in [0.1, 0.15) is 155 Å². The molecule has 0 radical (unpaired) electrons. The Morgan fingerprint density at radius 3 is 1.62 bits per heavy atom. The predicted molar refractivity (Wildman–Crippen MR) is 259 cm³/mol. The molecule has 0 bridgehead atoms. The lowest BCUT2D eigenvalue weighted by Crippen LogP contribution is -2.64. The number of ether oxygens (including phenoxy) is 3. The van der Waals surface area contributed by atoms with E-state index in [0.717, 1.165) is 44.9 Å². The van der Waals surface area contributed by atoms with Crippen LogP contribution in [-0.2, 0) is 46.5 Å². The molecule has 1 aliphatic carbocycles. The molecule has 7 N–H and O–H groups in total. The summed E-state index contributed by atoms with van der Waals surface area (Å²) in [5.74, 6) is -1.35. The van der Waals surface area contributed by atoms with Gasteiger partial charge in [0.2, 0.25) is 0 Å². The first-order valence-electron chi connectivity index (χ1n) is 24.6. The number of phosphoric acid groups is 2. The fraction of sp³-hybridized carbons (Fsp3) is 0.714. The van der Waals surface area contributed by atoms with Gasteiger partial charge in [-0.3, -0.25) is 23.2 Å². The number of allylic oxidation sites excluding steroid dienone is 11. The van der Waals surface area contributed by atoms with Crippen LogP contribution >= 0.6 is 15.6 Å². The van der Waals surface area contributed by atoms with Gasteiger partial charge >= 0.3 is 27.6 Å². The Kier molecular flexibility index (Phi) is 32.9. The van der Waals surface area contributed by atoms with E-state index in [1.54, 1.807) is 0 Å². The smallest absolute Gasteiger partial charge is 0.462 e. The van der Waals surface area contributed by atoms with Crippen LogP contribution in [0.15, 0.2) is 72.9 Å². The highest BCUT2D eigenvalue weighted by Crippen LogP contribution is 2.49. The van der Waals surface area contributed by atoms with Crippen molar-refractivity contribution in [1.82, 2.24) is 0 Å². The summed E-state index contributed by atoms with van der Waals surface area (Å²) in [4.78, 5) is 54.4. The average Bonchev–Trinajstić information content (AvgIpc) is 4.05. The van der Waals surface area contributed by atoms with Crippen LogP contribution in [0, 0.1) is 0 Å². The van der Waals surface area contributed by atoms with Gasteiger partial charge in [-0.15, -0.1) is 0 Å². The van der Waals surface area contributed by atoms with E-state index in [2.05, 4.69) is 79.1 Å². The van der Waals surface area contributed by atoms with Crippen LogP contribution in [0.3, 0.4) is 0 Å². The lowest BCUT2D eigenvalue weighted by molar-refractivity contribution is -0.216. The van der Waals surface area contributed by atoms with Gasteiger partial charge in [-0.1, -0.05) is 132 Å². The lowest BCUT2D eigenvalue weighted by Gasteiger charge is -2.43. The Bertz CT molecular complexity index is 1660. The first-order chi connectivity index (χ1) is 32.6. The molecule has 2 rings (SSSR count). The summed E-state index contributed by atoms with van der Waals surface area (Å²) in [6.45, 7) is 2.97. The third kappa shape index (κ3) is 29.6. The molecule has 390 valence electrons. The first kappa shape index (κ1) is 61.5. The van der Waals surface area contributed by atoms with Crippen molar-refractivity contribution in [3.63, 3.8) is 0 Å². The Hall–Kier alpha value is -2.60. The van der Waals surface area contributed by atoms with Crippen LogP contribution in [0.5, 0.6) is 0 Å². The molecule has 1 aliphatic heterocycles. The number of carbonyl (C=O) groups is 2. The van der Waals surface area contributed by atoms with E-state index in [1.807, 2.05) is 12.2 Å². The number of aliphatic hydroxyl groups excluding tert-OH is 4. The van der Waals surface area contributed by atoms with Crippen molar-refractivity contribution in [3.05, 3.63) is 72.9 Å². The molecule has 1 saturated carbocycles. The molecule has 0 amide bonds. The average molecular weight is 1010 g/mol. The van der Waals surface area contributed by atoms with Crippen LogP contribution < -0.4 is 0 Å². The fourth-order valence-corrected chi connectivity index (χ4v) is 8.78. The van der Waals surface area contributed by atoms with Crippen LogP contribution in [0.4, 0.5) is 0 Å². The summed E-state index contributed by atoms with van der Waals surface area (Å²) in [6, 6.07) is 0. The van der Waals surface area contributed by atoms with Gasteiger partial charge in [0.1, 0.15) is 43.2 Å². The summed E-state index contributed by atoms with van der Waals surface area (Å²) >= 11 is 0. The standard InChI is InChI=1S/C49H82O17P2/c1-3-5-7-9-11-13-15-17-18-19-20-21-23-25-27-29-31-35-43(51)63-39(38-62-68(59,60)66-49-46(54)44(52)45(53)48(47(49)55)65-67(56,57)58)37-61-42(50)36-32-34-41-40(64-41)33-30-28-26-24-22-16-14-12-10-8-6-4-2/h12,14,17-18,20-22,24-25,27-28,30,39-41,44-49,52-55H,3-11,13,15-16,19,23,26,29,31-38H2,1-2H3,(H,59,60)(H2,56,57,58)/b14-12-,18-17-,21-20-,24-22-,27-25-,30-28-/t39-,40?,41?,44?,45?,46?,47?,48-,49+/m1/s1. The van der Waals surface area contributed by atoms with Crippen LogP contribution in [-0.4, -0.2) is 115 Å². The monoisotopic (exact) mass is 1000 g/mol. The number of epoxide rings is 1. The zero-order chi connectivity index (χ0) is 50.0. The maximum atomic E-state index is 13.0. The molecular formula is C49H82O17P2.